The second-order valence-corrected chi connectivity index (χ2v) is 5.09. The fourth-order valence-corrected chi connectivity index (χ4v) is 1.98. The monoisotopic (exact) mass is 330 g/mol. The minimum absolute atomic E-state index is 0.0444. The number of nitrogens with two attached hydrogens (primary N) is 1. The lowest BCUT2D eigenvalue weighted by Gasteiger charge is -2.16. The van der Waals surface area contributed by atoms with Crippen molar-refractivity contribution >= 4 is 21.8 Å². The van der Waals surface area contributed by atoms with E-state index >= 15 is 0 Å². The average Bonchev–Trinajstić information content (AvgIpc) is 2.38. The number of primary amides is 1. The maximum absolute atomic E-state index is 10.7. The zero-order chi connectivity index (χ0) is 14.3. The summed E-state index contributed by atoms with van der Waals surface area (Å²) >= 11 is 3.39. The van der Waals surface area contributed by atoms with Crippen LogP contribution in [0, 0.1) is 0 Å². The summed E-state index contributed by atoms with van der Waals surface area (Å²) in [5.41, 5.74) is 5.97. The van der Waals surface area contributed by atoms with Crippen molar-refractivity contribution in [1.82, 2.24) is 5.32 Å². The summed E-state index contributed by atoms with van der Waals surface area (Å²) in [7, 11) is 0. The lowest BCUT2D eigenvalue weighted by atomic mass is 10.1. The largest absolute Gasteiger partial charge is 0.483 e. The number of carbonyl (C=O) groups is 1. The van der Waals surface area contributed by atoms with Crippen LogP contribution in [0.2, 0.25) is 0 Å². The molecule has 0 heterocycles. The molecule has 1 aromatic rings. The minimum atomic E-state index is -0.511. The molecular weight excluding hydrogens is 312 g/mol. The first kappa shape index (κ1) is 15.9. The van der Waals surface area contributed by atoms with Gasteiger partial charge in [-0.15, -0.1) is 0 Å². The summed E-state index contributed by atoms with van der Waals surface area (Å²) in [6.07, 6.45) is 0.835. The van der Waals surface area contributed by atoms with Gasteiger partial charge in [0, 0.05) is 22.6 Å². The summed E-state index contributed by atoms with van der Waals surface area (Å²) < 4.78 is 6.28. The van der Waals surface area contributed by atoms with Crippen molar-refractivity contribution in [3.8, 4) is 5.75 Å². The normalized spacial score (nSPS) is 12.2. The predicted molar refractivity (Wildman–Crippen MR) is 76.8 cm³/mol. The van der Waals surface area contributed by atoms with Crippen LogP contribution < -0.4 is 15.8 Å². The SMILES string of the molecule is CCC(CO)NCc1cc(Br)ccc1OCC(N)=O. The van der Waals surface area contributed by atoms with Gasteiger partial charge in [0.2, 0.25) is 0 Å². The van der Waals surface area contributed by atoms with Crippen LogP contribution in [0.1, 0.15) is 18.9 Å². The van der Waals surface area contributed by atoms with Crippen molar-refractivity contribution in [1.29, 1.82) is 0 Å². The maximum atomic E-state index is 10.7. The number of aliphatic hydroxyl groups is 1. The highest BCUT2D eigenvalue weighted by Gasteiger charge is 2.09. The Morgan fingerprint density at radius 3 is 2.89 bits per heavy atom. The molecule has 106 valence electrons. The number of nitrogens with one attached hydrogen (secondary N) is 1. The molecule has 1 amide bonds. The number of amides is 1. The van der Waals surface area contributed by atoms with E-state index < -0.39 is 5.91 Å². The van der Waals surface area contributed by atoms with Gasteiger partial charge in [0.1, 0.15) is 5.75 Å². The number of aliphatic hydroxyl groups excluding tert-OH is 1. The summed E-state index contributed by atoms with van der Waals surface area (Å²) in [5, 5.41) is 12.4. The molecule has 0 bridgehead atoms. The van der Waals surface area contributed by atoms with E-state index in [0.29, 0.717) is 12.3 Å². The zero-order valence-electron chi connectivity index (χ0n) is 10.9. The highest BCUT2D eigenvalue weighted by molar-refractivity contribution is 9.10. The standard InChI is InChI=1S/C13H19BrN2O3/c1-2-11(7-17)16-6-9-5-10(14)3-4-12(9)19-8-13(15)18/h3-5,11,16-17H,2,6-8H2,1H3,(H2,15,18). The Labute approximate surface area is 121 Å². The number of hydrogen-bond donors (Lipinski definition) is 3. The number of benzene rings is 1. The van der Waals surface area contributed by atoms with Gasteiger partial charge in [0.15, 0.2) is 6.61 Å². The van der Waals surface area contributed by atoms with E-state index in [9.17, 15) is 4.79 Å². The van der Waals surface area contributed by atoms with Crippen LogP contribution in [-0.4, -0.2) is 30.3 Å². The molecule has 0 aliphatic carbocycles. The van der Waals surface area contributed by atoms with Crippen molar-refractivity contribution in [2.24, 2.45) is 5.73 Å². The molecule has 0 fully saturated rings. The Bertz CT molecular complexity index is 422. The molecule has 4 N–H and O–H groups in total. The van der Waals surface area contributed by atoms with Gasteiger partial charge in [0.25, 0.3) is 5.91 Å². The lowest BCUT2D eigenvalue weighted by molar-refractivity contribution is -0.119. The topological polar surface area (TPSA) is 84.6 Å². The van der Waals surface area contributed by atoms with Crippen LogP contribution in [0.15, 0.2) is 22.7 Å². The van der Waals surface area contributed by atoms with Crippen LogP contribution in [0.3, 0.4) is 0 Å². The van der Waals surface area contributed by atoms with Crippen LogP contribution in [-0.2, 0) is 11.3 Å². The van der Waals surface area contributed by atoms with E-state index in [1.165, 1.54) is 0 Å². The number of carbonyl (C=O) groups excluding carboxylic acids is 1. The van der Waals surface area contributed by atoms with Crippen LogP contribution >= 0.6 is 15.9 Å². The highest BCUT2D eigenvalue weighted by Crippen LogP contribution is 2.23. The Morgan fingerprint density at radius 2 is 2.32 bits per heavy atom. The van der Waals surface area contributed by atoms with E-state index in [0.717, 1.165) is 16.5 Å². The summed E-state index contributed by atoms with van der Waals surface area (Å²) in [6.45, 7) is 2.49. The molecule has 0 aliphatic rings. The van der Waals surface area contributed by atoms with Gasteiger partial charge in [-0.1, -0.05) is 22.9 Å². The van der Waals surface area contributed by atoms with Gasteiger partial charge in [-0.3, -0.25) is 4.79 Å². The first-order valence-corrected chi connectivity index (χ1v) is 6.89. The fraction of sp³-hybridized carbons (Fsp3) is 0.462. The van der Waals surface area contributed by atoms with Crippen molar-refractivity contribution in [2.75, 3.05) is 13.2 Å². The Kier molecular flexibility index (Phi) is 6.83. The molecule has 0 saturated heterocycles. The molecule has 5 nitrogen and oxygen atoms in total. The maximum Gasteiger partial charge on any atom is 0.255 e. The quantitative estimate of drug-likeness (QED) is 0.668. The van der Waals surface area contributed by atoms with Gasteiger partial charge < -0.3 is 20.9 Å². The molecule has 1 atom stereocenters. The van der Waals surface area contributed by atoms with Crippen molar-refractivity contribution in [2.45, 2.75) is 25.9 Å². The van der Waals surface area contributed by atoms with Gasteiger partial charge in [-0.2, -0.15) is 0 Å². The zero-order valence-corrected chi connectivity index (χ0v) is 12.4. The summed E-state index contributed by atoms with van der Waals surface area (Å²) in [6, 6.07) is 5.57. The molecule has 0 saturated carbocycles. The van der Waals surface area contributed by atoms with Gasteiger partial charge in [-0.05, 0) is 24.6 Å². The van der Waals surface area contributed by atoms with Gasteiger partial charge in [0.05, 0.1) is 6.61 Å². The molecule has 0 aromatic heterocycles. The van der Waals surface area contributed by atoms with E-state index in [2.05, 4.69) is 21.2 Å². The van der Waals surface area contributed by atoms with Crippen LogP contribution in [0.25, 0.3) is 0 Å². The average molecular weight is 331 g/mol. The van der Waals surface area contributed by atoms with Gasteiger partial charge in [-0.25, -0.2) is 0 Å². The van der Waals surface area contributed by atoms with E-state index in [4.69, 9.17) is 15.6 Å². The first-order chi connectivity index (χ1) is 9.06. The van der Waals surface area contributed by atoms with Crippen LogP contribution in [0.5, 0.6) is 5.75 Å². The first-order valence-electron chi connectivity index (χ1n) is 6.10. The van der Waals surface area contributed by atoms with Crippen molar-refractivity contribution in [3.63, 3.8) is 0 Å². The number of rotatable bonds is 8. The molecule has 0 radical (unpaired) electrons. The number of halogens is 1. The van der Waals surface area contributed by atoms with E-state index in [1.54, 1.807) is 6.07 Å². The number of ether oxygens (including phenoxy) is 1. The second-order valence-electron chi connectivity index (χ2n) is 4.18. The third-order valence-electron chi connectivity index (χ3n) is 2.69. The molecule has 0 spiro atoms. The molecule has 1 unspecified atom stereocenters. The Morgan fingerprint density at radius 1 is 1.58 bits per heavy atom. The molecule has 1 rings (SSSR count). The Balaban J connectivity index is 2.73. The third kappa shape index (κ3) is 5.59. The van der Waals surface area contributed by atoms with Crippen molar-refractivity contribution in [3.05, 3.63) is 28.2 Å². The number of hydrogen-bond acceptors (Lipinski definition) is 4. The van der Waals surface area contributed by atoms with Crippen molar-refractivity contribution < 1.29 is 14.6 Å². The fourth-order valence-electron chi connectivity index (χ4n) is 1.57. The predicted octanol–water partition coefficient (Wildman–Crippen LogP) is 1.17. The molecule has 1 aromatic carbocycles. The second kappa shape index (κ2) is 8.14. The van der Waals surface area contributed by atoms with E-state index in [-0.39, 0.29) is 19.3 Å². The molecule has 6 heteroatoms. The molecule has 19 heavy (non-hydrogen) atoms. The minimum Gasteiger partial charge on any atom is -0.483 e. The smallest absolute Gasteiger partial charge is 0.255 e. The Hall–Kier alpha value is -1.11. The lowest BCUT2D eigenvalue weighted by Crippen LogP contribution is -2.31. The molecular formula is C13H19BrN2O3. The highest BCUT2D eigenvalue weighted by atomic mass is 79.9. The van der Waals surface area contributed by atoms with E-state index in [1.807, 2.05) is 19.1 Å². The summed E-state index contributed by atoms with van der Waals surface area (Å²) in [4.78, 5) is 10.7. The third-order valence-corrected chi connectivity index (χ3v) is 3.18. The van der Waals surface area contributed by atoms with Crippen LogP contribution in [0.4, 0.5) is 0 Å². The summed E-state index contributed by atoms with van der Waals surface area (Å²) in [5.74, 6) is 0.103. The molecule has 0 aliphatic heterocycles. The van der Waals surface area contributed by atoms with Gasteiger partial charge >= 0.3 is 0 Å².